The van der Waals surface area contributed by atoms with Crippen LogP contribution in [0.1, 0.15) is 23.0 Å². The van der Waals surface area contributed by atoms with Crippen molar-refractivity contribution in [3.05, 3.63) is 59.8 Å². The van der Waals surface area contributed by atoms with Crippen molar-refractivity contribution in [2.75, 3.05) is 18.9 Å². The summed E-state index contributed by atoms with van der Waals surface area (Å²) in [6, 6.07) is 15.4. The normalized spacial score (nSPS) is 10.1. The Morgan fingerprint density at radius 2 is 1.90 bits per heavy atom. The number of carbonyl (C=O) groups is 1. The van der Waals surface area contributed by atoms with Crippen molar-refractivity contribution in [1.29, 1.82) is 0 Å². The number of pyridine rings is 1. The summed E-state index contributed by atoms with van der Waals surface area (Å²) < 4.78 is 0. The van der Waals surface area contributed by atoms with Crippen LogP contribution in [0.4, 0.5) is 5.82 Å². The molecule has 0 atom stereocenters. The molecule has 0 aliphatic rings. The van der Waals surface area contributed by atoms with Crippen LogP contribution in [0.5, 0.6) is 0 Å². The highest BCUT2D eigenvalue weighted by Gasteiger charge is 2.13. The fourth-order valence-electron chi connectivity index (χ4n) is 1.96. The molecule has 0 spiro atoms. The topological polar surface area (TPSA) is 45.2 Å². The molecule has 0 aliphatic carbocycles. The van der Waals surface area contributed by atoms with Crippen LogP contribution in [-0.4, -0.2) is 29.4 Å². The number of anilines is 1. The molecule has 0 aliphatic heterocycles. The first-order valence-corrected chi connectivity index (χ1v) is 6.71. The van der Waals surface area contributed by atoms with Gasteiger partial charge in [-0.2, -0.15) is 0 Å². The number of carbonyl (C=O) groups excluding carboxylic acids is 1. The zero-order chi connectivity index (χ0) is 14.4. The van der Waals surface area contributed by atoms with E-state index in [0.717, 1.165) is 17.9 Å². The average Bonchev–Trinajstić information content (AvgIpc) is 2.48. The minimum Gasteiger partial charge on any atom is -0.370 e. The highest BCUT2D eigenvalue weighted by molar-refractivity contribution is 5.92. The molecular weight excluding hydrogens is 250 g/mol. The Labute approximate surface area is 119 Å². The Kier molecular flexibility index (Phi) is 4.71. The number of rotatable bonds is 5. The van der Waals surface area contributed by atoms with Crippen molar-refractivity contribution < 1.29 is 4.79 Å². The SMILES string of the molecule is CCNc1cccc(C(=O)N(C)Cc2ccccc2)n1. The molecule has 1 aromatic carbocycles. The van der Waals surface area contributed by atoms with Crippen molar-refractivity contribution in [3.8, 4) is 0 Å². The molecule has 0 unspecified atom stereocenters. The monoisotopic (exact) mass is 269 g/mol. The number of amides is 1. The van der Waals surface area contributed by atoms with Crippen LogP contribution in [-0.2, 0) is 6.54 Å². The molecule has 104 valence electrons. The number of hydrogen-bond donors (Lipinski definition) is 1. The van der Waals surface area contributed by atoms with Gasteiger partial charge in [0.25, 0.3) is 5.91 Å². The third-order valence-corrected chi connectivity index (χ3v) is 2.94. The standard InChI is InChI=1S/C16H19N3O/c1-3-17-15-11-7-10-14(18-15)16(20)19(2)12-13-8-5-4-6-9-13/h4-11H,3,12H2,1-2H3,(H,17,18). The van der Waals surface area contributed by atoms with Gasteiger partial charge in [0.05, 0.1) is 0 Å². The second-order valence-electron chi connectivity index (χ2n) is 4.59. The van der Waals surface area contributed by atoms with Gasteiger partial charge < -0.3 is 10.2 Å². The predicted molar refractivity (Wildman–Crippen MR) is 80.6 cm³/mol. The Morgan fingerprint density at radius 1 is 1.15 bits per heavy atom. The quantitative estimate of drug-likeness (QED) is 0.907. The fraction of sp³-hybridized carbons (Fsp3) is 0.250. The molecule has 1 amide bonds. The van der Waals surface area contributed by atoms with E-state index in [0.29, 0.717) is 12.2 Å². The van der Waals surface area contributed by atoms with Crippen LogP contribution in [0.3, 0.4) is 0 Å². The van der Waals surface area contributed by atoms with Crippen LogP contribution < -0.4 is 5.32 Å². The van der Waals surface area contributed by atoms with Crippen molar-refractivity contribution in [1.82, 2.24) is 9.88 Å². The van der Waals surface area contributed by atoms with Crippen molar-refractivity contribution in [2.45, 2.75) is 13.5 Å². The molecule has 0 saturated heterocycles. The molecule has 1 heterocycles. The zero-order valence-electron chi connectivity index (χ0n) is 11.8. The van der Waals surface area contributed by atoms with Crippen molar-refractivity contribution in [3.63, 3.8) is 0 Å². The molecule has 0 saturated carbocycles. The molecule has 0 bridgehead atoms. The van der Waals surface area contributed by atoms with Crippen LogP contribution >= 0.6 is 0 Å². The van der Waals surface area contributed by atoms with Crippen molar-refractivity contribution >= 4 is 11.7 Å². The van der Waals surface area contributed by atoms with E-state index < -0.39 is 0 Å². The maximum Gasteiger partial charge on any atom is 0.272 e. The lowest BCUT2D eigenvalue weighted by atomic mass is 10.2. The van der Waals surface area contributed by atoms with E-state index >= 15 is 0 Å². The number of benzene rings is 1. The first-order valence-electron chi connectivity index (χ1n) is 6.71. The lowest BCUT2D eigenvalue weighted by Gasteiger charge is -2.17. The summed E-state index contributed by atoms with van der Waals surface area (Å²) in [5, 5.41) is 3.11. The van der Waals surface area contributed by atoms with Gasteiger partial charge in [0.1, 0.15) is 11.5 Å². The van der Waals surface area contributed by atoms with Crippen LogP contribution in [0.2, 0.25) is 0 Å². The van der Waals surface area contributed by atoms with Gasteiger partial charge in [-0.1, -0.05) is 36.4 Å². The fourth-order valence-corrected chi connectivity index (χ4v) is 1.96. The van der Waals surface area contributed by atoms with E-state index in [2.05, 4.69) is 10.3 Å². The van der Waals surface area contributed by atoms with Crippen LogP contribution in [0.25, 0.3) is 0 Å². The van der Waals surface area contributed by atoms with Gasteiger partial charge >= 0.3 is 0 Å². The Balaban J connectivity index is 2.08. The second kappa shape index (κ2) is 6.70. The van der Waals surface area contributed by atoms with E-state index in [1.54, 1.807) is 18.0 Å². The van der Waals surface area contributed by atoms with Gasteiger partial charge in [0, 0.05) is 20.1 Å². The maximum atomic E-state index is 12.3. The van der Waals surface area contributed by atoms with Crippen molar-refractivity contribution in [2.24, 2.45) is 0 Å². The molecule has 2 aromatic rings. The van der Waals surface area contributed by atoms with Gasteiger partial charge in [0.15, 0.2) is 0 Å². The van der Waals surface area contributed by atoms with E-state index in [1.807, 2.05) is 49.4 Å². The maximum absolute atomic E-state index is 12.3. The van der Waals surface area contributed by atoms with Gasteiger partial charge in [-0.3, -0.25) is 4.79 Å². The van der Waals surface area contributed by atoms with E-state index in [9.17, 15) is 4.79 Å². The predicted octanol–water partition coefficient (Wildman–Crippen LogP) is 2.79. The Morgan fingerprint density at radius 3 is 2.60 bits per heavy atom. The number of aromatic nitrogens is 1. The van der Waals surface area contributed by atoms with Gasteiger partial charge in [0.2, 0.25) is 0 Å². The molecule has 0 fully saturated rings. The van der Waals surface area contributed by atoms with Gasteiger partial charge in [-0.15, -0.1) is 0 Å². The first kappa shape index (κ1) is 14.1. The first-order chi connectivity index (χ1) is 9.70. The van der Waals surface area contributed by atoms with Gasteiger partial charge in [-0.25, -0.2) is 4.98 Å². The van der Waals surface area contributed by atoms with Crippen LogP contribution in [0, 0.1) is 0 Å². The van der Waals surface area contributed by atoms with E-state index in [-0.39, 0.29) is 5.91 Å². The Bertz CT molecular complexity index is 569. The largest absolute Gasteiger partial charge is 0.370 e. The molecule has 1 N–H and O–H groups in total. The van der Waals surface area contributed by atoms with E-state index in [1.165, 1.54) is 0 Å². The third kappa shape index (κ3) is 3.57. The summed E-state index contributed by atoms with van der Waals surface area (Å²) in [6.07, 6.45) is 0. The second-order valence-corrected chi connectivity index (χ2v) is 4.59. The molecule has 2 rings (SSSR count). The smallest absolute Gasteiger partial charge is 0.272 e. The molecule has 4 heteroatoms. The summed E-state index contributed by atoms with van der Waals surface area (Å²) in [5.41, 5.74) is 1.56. The zero-order valence-corrected chi connectivity index (χ0v) is 11.8. The minimum atomic E-state index is -0.0754. The number of nitrogens with one attached hydrogen (secondary N) is 1. The third-order valence-electron chi connectivity index (χ3n) is 2.94. The minimum absolute atomic E-state index is 0.0754. The average molecular weight is 269 g/mol. The summed E-state index contributed by atoms with van der Waals surface area (Å²) in [4.78, 5) is 18.3. The van der Waals surface area contributed by atoms with Gasteiger partial charge in [-0.05, 0) is 24.6 Å². The lowest BCUT2D eigenvalue weighted by Crippen LogP contribution is -2.27. The summed E-state index contributed by atoms with van der Waals surface area (Å²) in [7, 11) is 1.79. The molecule has 20 heavy (non-hydrogen) atoms. The highest BCUT2D eigenvalue weighted by Crippen LogP contribution is 2.09. The molecule has 1 aromatic heterocycles. The lowest BCUT2D eigenvalue weighted by molar-refractivity contribution is 0.0779. The molecule has 4 nitrogen and oxygen atoms in total. The molecular formula is C16H19N3O. The summed E-state index contributed by atoms with van der Waals surface area (Å²) in [5.74, 6) is 0.653. The summed E-state index contributed by atoms with van der Waals surface area (Å²) in [6.45, 7) is 3.36. The molecule has 0 radical (unpaired) electrons. The van der Waals surface area contributed by atoms with Crippen LogP contribution in [0.15, 0.2) is 48.5 Å². The Hall–Kier alpha value is -2.36. The van der Waals surface area contributed by atoms with E-state index in [4.69, 9.17) is 0 Å². The number of hydrogen-bond acceptors (Lipinski definition) is 3. The summed E-state index contributed by atoms with van der Waals surface area (Å²) >= 11 is 0. The number of nitrogens with zero attached hydrogens (tertiary/aromatic N) is 2. The highest BCUT2D eigenvalue weighted by atomic mass is 16.2.